The van der Waals surface area contributed by atoms with Crippen LogP contribution in [-0.4, -0.2) is 14.1 Å². The Hall–Kier alpha value is -2.02. The van der Waals surface area contributed by atoms with Gasteiger partial charge in [0.15, 0.2) is 0 Å². The van der Waals surface area contributed by atoms with E-state index in [-0.39, 0.29) is 0 Å². The Balaban J connectivity index is 1.98. The Morgan fingerprint density at radius 2 is 1.67 bits per heavy atom. The van der Waals surface area contributed by atoms with Gasteiger partial charge in [0.2, 0.25) is 0 Å². The molecule has 90 valence electrons. The van der Waals surface area contributed by atoms with Crippen molar-refractivity contribution in [1.29, 1.82) is 0 Å². The van der Waals surface area contributed by atoms with Crippen LogP contribution in [0.3, 0.4) is 0 Å². The average Bonchev–Trinajstić information content (AvgIpc) is 2.82. The molecule has 1 aromatic carbocycles. The molecule has 0 saturated heterocycles. The Labute approximate surface area is 108 Å². The van der Waals surface area contributed by atoms with Crippen LogP contribution in [0.5, 0.6) is 0 Å². The maximum atomic E-state index is 2.27. The van der Waals surface area contributed by atoms with Crippen molar-refractivity contribution in [3.05, 3.63) is 71.9 Å². The van der Waals surface area contributed by atoms with Gasteiger partial charge in [-0.25, -0.2) is 0 Å². The number of allylic oxidation sites excluding steroid dienone is 8. The summed E-state index contributed by atoms with van der Waals surface area (Å²) in [6.45, 7) is 0. The maximum Gasteiger partial charge on any atom is 0.0361 e. The molecule has 0 fully saturated rings. The average molecular weight is 235 g/mol. The Morgan fingerprint density at radius 3 is 2.39 bits per heavy atom. The summed E-state index contributed by atoms with van der Waals surface area (Å²) in [5, 5.41) is 0. The molecule has 0 spiro atoms. The summed E-state index contributed by atoms with van der Waals surface area (Å²) in [6.07, 6.45) is 13.2. The van der Waals surface area contributed by atoms with Gasteiger partial charge in [-0.3, -0.25) is 0 Å². The van der Waals surface area contributed by atoms with E-state index in [1.165, 1.54) is 22.4 Å². The van der Waals surface area contributed by atoms with Crippen LogP contribution in [0, 0.1) is 5.92 Å². The normalized spacial score (nSPS) is 20.4. The van der Waals surface area contributed by atoms with E-state index in [1.807, 2.05) is 0 Å². The number of rotatable bonds is 2. The van der Waals surface area contributed by atoms with Crippen LogP contribution < -0.4 is 4.90 Å². The van der Waals surface area contributed by atoms with Gasteiger partial charge in [0.25, 0.3) is 0 Å². The van der Waals surface area contributed by atoms with Crippen molar-refractivity contribution in [2.75, 3.05) is 19.0 Å². The zero-order valence-electron chi connectivity index (χ0n) is 10.8. The molecule has 1 heteroatoms. The monoisotopic (exact) mass is 235 g/mol. The lowest BCUT2D eigenvalue weighted by atomic mass is 9.93. The van der Waals surface area contributed by atoms with E-state index < -0.39 is 0 Å². The minimum Gasteiger partial charge on any atom is -0.378 e. The SMILES string of the molecule is CN(C)c1ccc(C2=C3C=CC=CC3C=C2)cc1. The van der Waals surface area contributed by atoms with Crippen molar-refractivity contribution in [2.24, 2.45) is 5.92 Å². The summed E-state index contributed by atoms with van der Waals surface area (Å²) in [5.74, 6) is 0.471. The van der Waals surface area contributed by atoms with E-state index in [2.05, 4.69) is 79.7 Å². The summed E-state index contributed by atoms with van der Waals surface area (Å²) in [5.41, 5.74) is 5.30. The van der Waals surface area contributed by atoms with E-state index in [0.717, 1.165) is 0 Å². The predicted molar refractivity (Wildman–Crippen MR) is 78.6 cm³/mol. The van der Waals surface area contributed by atoms with Crippen LogP contribution in [0.15, 0.2) is 66.3 Å². The fourth-order valence-corrected chi connectivity index (χ4v) is 2.49. The molecule has 2 aliphatic carbocycles. The maximum absolute atomic E-state index is 2.27. The number of fused-ring (bicyclic) bond motifs is 1. The predicted octanol–water partition coefficient (Wildman–Crippen LogP) is 3.82. The Morgan fingerprint density at radius 1 is 0.889 bits per heavy atom. The van der Waals surface area contributed by atoms with E-state index in [0.29, 0.717) is 5.92 Å². The fourth-order valence-electron chi connectivity index (χ4n) is 2.49. The molecular weight excluding hydrogens is 218 g/mol. The Kier molecular flexibility index (Phi) is 2.67. The third-order valence-corrected chi connectivity index (χ3v) is 3.54. The molecule has 0 aliphatic heterocycles. The topological polar surface area (TPSA) is 3.24 Å². The highest BCUT2D eigenvalue weighted by molar-refractivity contribution is 5.83. The molecule has 0 radical (unpaired) electrons. The van der Waals surface area contributed by atoms with Crippen LogP contribution in [0.2, 0.25) is 0 Å². The molecule has 0 N–H and O–H groups in total. The van der Waals surface area contributed by atoms with Crippen molar-refractivity contribution in [1.82, 2.24) is 0 Å². The van der Waals surface area contributed by atoms with Gasteiger partial charge in [0, 0.05) is 25.7 Å². The summed E-state index contributed by atoms with van der Waals surface area (Å²) in [4.78, 5) is 2.12. The van der Waals surface area contributed by atoms with Crippen LogP contribution in [-0.2, 0) is 0 Å². The highest BCUT2D eigenvalue weighted by atomic mass is 15.1. The van der Waals surface area contributed by atoms with Crippen molar-refractivity contribution in [3.8, 4) is 0 Å². The molecular formula is C17H17N. The van der Waals surface area contributed by atoms with Gasteiger partial charge >= 0.3 is 0 Å². The van der Waals surface area contributed by atoms with Crippen LogP contribution in [0.1, 0.15) is 5.56 Å². The van der Waals surface area contributed by atoms with E-state index in [4.69, 9.17) is 0 Å². The smallest absolute Gasteiger partial charge is 0.0361 e. The van der Waals surface area contributed by atoms with E-state index in [9.17, 15) is 0 Å². The van der Waals surface area contributed by atoms with Gasteiger partial charge in [0.1, 0.15) is 0 Å². The summed E-state index contributed by atoms with van der Waals surface area (Å²) < 4.78 is 0. The molecule has 1 atom stereocenters. The fraction of sp³-hybridized carbons (Fsp3) is 0.176. The molecule has 1 aromatic rings. The second-order valence-electron chi connectivity index (χ2n) is 4.94. The first-order chi connectivity index (χ1) is 8.75. The molecule has 1 nitrogen and oxygen atoms in total. The highest BCUT2D eigenvalue weighted by Crippen LogP contribution is 2.35. The third kappa shape index (κ3) is 1.82. The standard InChI is InChI=1S/C17H17N/c1-18(2)15-10-7-14(8-11-15)17-12-9-13-5-3-4-6-16(13)17/h3-13H,1-2H3. The van der Waals surface area contributed by atoms with Gasteiger partial charge < -0.3 is 4.90 Å². The zero-order chi connectivity index (χ0) is 12.5. The van der Waals surface area contributed by atoms with Crippen LogP contribution in [0.25, 0.3) is 5.57 Å². The van der Waals surface area contributed by atoms with Gasteiger partial charge in [-0.2, -0.15) is 0 Å². The molecule has 18 heavy (non-hydrogen) atoms. The molecule has 1 unspecified atom stereocenters. The lowest BCUT2D eigenvalue weighted by Crippen LogP contribution is -2.08. The molecule has 0 aromatic heterocycles. The molecule has 0 saturated carbocycles. The third-order valence-electron chi connectivity index (χ3n) is 3.54. The Bertz CT molecular complexity index is 568. The summed E-state index contributed by atoms with van der Waals surface area (Å²) >= 11 is 0. The van der Waals surface area contributed by atoms with Crippen LogP contribution >= 0.6 is 0 Å². The number of benzene rings is 1. The van der Waals surface area contributed by atoms with Crippen LogP contribution in [0.4, 0.5) is 5.69 Å². The van der Waals surface area contributed by atoms with E-state index >= 15 is 0 Å². The first-order valence-corrected chi connectivity index (χ1v) is 6.31. The zero-order valence-corrected chi connectivity index (χ0v) is 10.8. The van der Waals surface area contributed by atoms with Crippen molar-refractivity contribution in [2.45, 2.75) is 0 Å². The molecule has 3 rings (SSSR count). The second-order valence-corrected chi connectivity index (χ2v) is 4.94. The first-order valence-electron chi connectivity index (χ1n) is 6.31. The van der Waals surface area contributed by atoms with Crippen molar-refractivity contribution in [3.63, 3.8) is 0 Å². The van der Waals surface area contributed by atoms with Crippen molar-refractivity contribution >= 4 is 11.3 Å². The van der Waals surface area contributed by atoms with Crippen molar-refractivity contribution < 1.29 is 0 Å². The molecule has 0 bridgehead atoms. The summed E-state index contributed by atoms with van der Waals surface area (Å²) in [6, 6.07) is 8.76. The lowest BCUT2D eigenvalue weighted by molar-refractivity contribution is 1.02. The molecule has 0 heterocycles. The van der Waals surface area contributed by atoms with Gasteiger partial charge in [-0.15, -0.1) is 0 Å². The largest absolute Gasteiger partial charge is 0.378 e. The molecule has 2 aliphatic rings. The van der Waals surface area contributed by atoms with Gasteiger partial charge in [-0.05, 0) is 28.8 Å². The lowest BCUT2D eigenvalue weighted by Gasteiger charge is -2.14. The van der Waals surface area contributed by atoms with E-state index in [1.54, 1.807) is 0 Å². The highest BCUT2D eigenvalue weighted by Gasteiger charge is 2.18. The minimum atomic E-state index is 0.471. The van der Waals surface area contributed by atoms with Gasteiger partial charge in [0.05, 0.1) is 0 Å². The number of nitrogens with zero attached hydrogens (tertiary/aromatic N) is 1. The number of anilines is 1. The van der Waals surface area contributed by atoms with Gasteiger partial charge in [-0.1, -0.05) is 48.6 Å². The summed E-state index contributed by atoms with van der Waals surface area (Å²) in [7, 11) is 4.13. The second kappa shape index (κ2) is 4.34. The molecule has 0 amide bonds. The number of hydrogen-bond acceptors (Lipinski definition) is 1. The number of hydrogen-bond donors (Lipinski definition) is 0. The first kappa shape index (κ1) is 11.1. The minimum absolute atomic E-state index is 0.471. The quantitative estimate of drug-likeness (QED) is 0.753.